The van der Waals surface area contributed by atoms with Crippen LogP contribution in [0.5, 0.6) is 5.75 Å². The van der Waals surface area contributed by atoms with E-state index in [1.807, 2.05) is 0 Å². The van der Waals surface area contributed by atoms with Crippen LogP contribution in [0.15, 0.2) is 61.2 Å². The van der Waals surface area contributed by atoms with Gasteiger partial charge in [-0.15, -0.1) is 0 Å². The number of benzene rings is 2. The van der Waals surface area contributed by atoms with E-state index in [9.17, 15) is 9.59 Å². The third kappa shape index (κ3) is 4.44. The maximum atomic E-state index is 12.2. The van der Waals surface area contributed by atoms with Gasteiger partial charge in [0.25, 0.3) is 11.8 Å². The Labute approximate surface area is 135 Å². The molecule has 0 bridgehead atoms. The molecule has 0 heterocycles. The lowest BCUT2D eigenvalue weighted by Gasteiger charge is -2.07. The van der Waals surface area contributed by atoms with Crippen LogP contribution in [-0.4, -0.2) is 25.5 Å². The third-order valence-corrected chi connectivity index (χ3v) is 3.12. The van der Waals surface area contributed by atoms with E-state index in [0.29, 0.717) is 29.2 Å². The lowest BCUT2D eigenvalue weighted by molar-refractivity contribution is 0.0962. The topological polar surface area (TPSA) is 67.4 Å². The van der Waals surface area contributed by atoms with E-state index in [1.54, 1.807) is 61.7 Å². The highest BCUT2D eigenvalue weighted by Crippen LogP contribution is 2.15. The van der Waals surface area contributed by atoms with Gasteiger partial charge in [0.2, 0.25) is 0 Å². The number of ether oxygens (including phenoxy) is 1. The van der Waals surface area contributed by atoms with E-state index in [2.05, 4.69) is 17.2 Å². The highest BCUT2D eigenvalue weighted by molar-refractivity contribution is 6.04. The second-order valence-electron chi connectivity index (χ2n) is 4.73. The first kappa shape index (κ1) is 16.3. The van der Waals surface area contributed by atoms with Gasteiger partial charge in [-0.25, -0.2) is 0 Å². The van der Waals surface area contributed by atoms with E-state index >= 15 is 0 Å². The first-order chi connectivity index (χ1) is 11.1. The molecule has 0 atom stereocenters. The number of hydrogen-bond acceptors (Lipinski definition) is 3. The standard InChI is InChI=1S/C18H18N2O3/c1-3-12-23-16-10-6-14(7-11-16)18(22)20-15-8-4-13(5-9-15)17(21)19-2/h3-11H,1,12H2,2H3,(H,19,21)(H,20,22). The van der Waals surface area contributed by atoms with Crippen molar-refractivity contribution in [1.82, 2.24) is 5.32 Å². The van der Waals surface area contributed by atoms with Crippen molar-refractivity contribution < 1.29 is 14.3 Å². The number of carbonyl (C=O) groups excluding carboxylic acids is 2. The van der Waals surface area contributed by atoms with Gasteiger partial charge in [-0.05, 0) is 48.5 Å². The molecule has 2 aromatic rings. The minimum atomic E-state index is -0.229. The van der Waals surface area contributed by atoms with Crippen molar-refractivity contribution >= 4 is 17.5 Å². The van der Waals surface area contributed by atoms with E-state index in [1.165, 1.54) is 0 Å². The molecule has 0 saturated carbocycles. The fraction of sp³-hybridized carbons (Fsp3) is 0.111. The second kappa shape index (κ2) is 7.79. The van der Waals surface area contributed by atoms with Crippen LogP contribution < -0.4 is 15.4 Å². The molecule has 0 aliphatic carbocycles. The predicted octanol–water partition coefficient (Wildman–Crippen LogP) is 2.86. The minimum Gasteiger partial charge on any atom is -0.490 e. The van der Waals surface area contributed by atoms with Crippen LogP contribution >= 0.6 is 0 Å². The number of hydrogen-bond donors (Lipinski definition) is 2. The van der Waals surface area contributed by atoms with Gasteiger partial charge >= 0.3 is 0 Å². The number of rotatable bonds is 6. The molecule has 118 valence electrons. The first-order valence-electron chi connectivity index (χ1n) is 7.11. The minimum absolute atomic E-state index is 0.169. The smallest absolute Gasteiger partial charge is 0.255 e. The summed E-state index contributed by atoms with van der Waals surface area (Å²) in [5.74, 6) is 0.280. The van der Waals surface area contributed by atoms with Crippen molar-refractivity contribution in [3.8, 4) is 5.75 Å². The van der Waals surface area contributed by atoms with Crippen LogP contribution in [0.2, 0.25) is 0 Å². The zero-order chi connectivity index (χ0) is 16.7. The predicted molar refractivity (Wildman–Crippen MR) is 89.9 cm³/mol. The number of anilines is 1. The first-order valence-corrected chi connectivity index (χ1v) is 7.11. The summed E-state index contributed by atoms with van der Waals surface area (Å²) in [5.41, 5.74) is 1.68. The molecule has 0 radical (unpaired) electrons. The Kier molecular flexibility index (Phi) is 5.52. The molecular formula is C18H18N2O3. The average molecular weight is 310 g/mol. The van der Waals surface area contributed by atoms with Gasteiger partial charge in [-0.3, -0.25) is 9.59 Å². The fourth-order valence-corrected chi connectivity index (χ4v) is 1.91. The molecule has 0 saturated heterocycles. The molecule has 0 unspecified atom stereocenters. The molecule has 0 aliphatic rings. The van der Waals surface area contributed by atoms with Crippen molar-refractivity contribution in [2.75, 3.05) is 19.0 Å². The lowest BCUT2D eigenvalue weighted by Crippen LogP contribution is -2.17. The molecule has 2 amide bonds. The summed E-state index contributed by atoms with van der Waals surface area (Å²) in [5, 5.41) is 5.32. The summed E-state index contributed by atoms with van der Waals surface area (Å²) in [6.07, 6.45) is 1.66. The van der Waals surface area contributed by atoms with Crippen LogP contribution in [0, 0.1) is 0 Å². The Balaban J connectivity index is 2.01. The van der Waals surface area contributed by atoms with E-state index < -0.39 is 0 Å². The van der Waals surface area contributed by atoms with Crippen LogP contribution in [0.25, 0.3) is 0 Å². The molecular weight excluding hydrogens is 292 g/mol. The SMILES string of the molecule is C=CCOc1ccc(C(=O)Nc2ccc(C(=O)NC)cc2)cc1. The molecule has 0 aliphatic heterocycles. The maximum Gasteiger partial charge on any atom is 0.255 e. The average Bonchev–Trinajstić information content (AvgIpc) is 2.60. The van der Waals surface area contributed by atoms with Gasteiger partial charge in [0, 0.05) is 23.9 Å². The summed E-state index contributed by atoms with van der Waals surface area (Å²) in [4.78, 5) is 23.6. The second-order valence-corrected chi connectivity index (χ2v) is 4.73. The molecule has 0 aromatic heterocycles. The van der Waals surface area contributed by atoms with Crippen LogP contribution in [-0.2, 0) is 0 Å². The summed E-state index contributed by atoms with van der Waals surface area (Å²) < 4.78 is 5.37. The zero-order valence-electron chi connectivity index (χ0n) is 12.8. The molecule has 5 nitrogen and oxygen atoms in total. The van der Waals surface area contributed by atoms with Crippen molar-refractivity contribution in [3.05, 3.63) is 72.3 Å². The molecule has 0 fully saturated rings. The van der Waals surface area contributed by atoms with Gasteiger partial charge in [0.1, 0.15) is 12.4 Å². The Morgan fingerprint density at radius 2 is 1.57 bits per heavy atom. The van der Waals surface area contributed by atoms with Crippen LogP contribution in [0.3, 0.4) is 0 Å². The number of nitrogens with one attached hydrogen (secondary N) is 2. The molecule has 0 spiro atoms. The highest BCUT2D eigenvalue weighted by Gasteiger charge is 2.07. The lowest BCUT2D eigenvalue weighted by atomic mass is 10.1. The van der Waals surface area contributed by atoms with Gasteiger partial charge in [0.15, 0.2) is 0 Å². The van der Waals surface area contributed by atoms with Gasteiger partial charge < -0.3 is 15.4 Å². The monoisotopic (exact) mass is 310 g/mol. The number of carbonyl (C=O) groups is 2. The summed E-state index contributed by atoms with van der Waals surface area (Å²) in [6.45, 7) is 4.00. The Morgan fingerprint density at radius 1 is 1.00 bits per heavy atom. The van der Waals surface area contributed by atoms with E-state index in [-0.39, 0.29) is 11.8 Å². The van der Waals surface area contributed by atoms with Gasteiger partial charge in [-0.1, -0.05) is 12.7 Å². The number of amides is 2. The largest absolute Gasteiger partial charge is 0.490 e. The van der Waals surface area contributed by atoms with Crippen molar-refractivity contribution in [2.45, 2.75) is 0 Å². The van der Waals surface area contributed by atoms with E-state index in [4.69, 9.17) is 4.74 Å². The molecule has 5 heteroatoms. The Bertz CT molecular complexity index is 691. The Hall–Kier alpha value is -3.08. The van der Waals surface area contributed by atoms with Crippen molar-refractivity contribution in [3.63, 3.8) is 0 Å². The zero-order valence-corrected chi connectivity index (χ0v) is 12.8. The molecule has 2 N–H and O–H groups in total. The summed E-state index contributed by atoms with van der Waals surface area (Å²) in [6, 6.07) is 13.5. The summed E-state index contributed by atoms with van der Waals surface area (Å²) >= 11 is 0. The summed E-state index contributed by atoms with van der Waals surface area (Å²) in [7, 11) is 1.57. The van der Waals surface area contributed by atoms with Crippen LogP contribution in [0.1, 0.15) is 20.7 Å². The molecule has 2 aromatic carbocycles. The highest BCUT2D eigenvalue weighted by atomic mass is 16.5. The van der Waals surface area contributed by atoms with Gasteiger partial charge in [-0.2, -0.15) is 0 Å². The third-order valence-electron chi connectivity index (χ3n) is 3.12. The van der Waals surface area contributed by atoms with Crippen molar-refractivity contribution in [2.24, 2.45) is 0 Å². The fourth-order valence-electron chi connectivity index (χ4n) is 1.91. The normalized spacial score (nSPS) is 9.78. The Morgan fingerprint density at radius 3 is 2.13 bits per heavy atom. The van der Waals surface area contributed by atoms with E-state index in [0.717, 1.165) is 0 Å². The molecule has 2 rings (SSSR count). The maximum absolute atomic E-state index is 12.2. The van der Waals surface area contributed by atoms with Crippen molar-refractivity contribution in [1.29, 1.82) is 0 Å². The molecule has 23 heavy (non-hydrogen) atoms. The quantitative estimate of drug-likeness (QED) is 0.806. The van der Waals surface area contributed by atoms with Crippen LogP contribution in [0.4, 0.5) is 5.69 Å². The van der Waals surface area contributed by atoms with Gasteiger partial charge in [0.05, 0.1) is 0 Å².